The van der Waals surface area contributed by atoms with E-state index in [0.717, 1.165) is 0 Å². The van der Waals surface area contributed by atoms with Crippen LogP contribution in [-0.4, -0.2) is 26.2 Å². The molecule has 1 aromatic carbocycles. The summed E-state index contributed by atoms with van der Waals surface area (Å²) in [6.07, 6.45) is -0.220. The summed E-state index contributed by atoms with van der Waals surface area (Å²) in [6.45, 7) is 5.86. The van der Waals surface area contributed by atoms with Gasteiger partial charge in [-0.05, 0) is 29.5 Å². The first-order valence-electron chi connectivity index (χ1n) is 6.50. The van der Waals surface area contributed by atoms with Crippen molar-refractivity contribution in [2.45, 2.75) is 39.0 Å². The fraction of sp³-hybridized carbons (Fsp3) is 0.571. The molecular weight excluding hydrogens is 281 g/mol. The third-order valence-corrected chi connectivity index (χ3v) is 4.37. The number of nitrogens with one attached hydrogen (secondary N) is 1. The molecule has 0 saturated heterocycles. The van der Waals surface area contributed by atoms with E-state index in [1.165, 1.54) is 24.3 Å². The minimum Gasteiger partial charge on any atom is -0.393 e. The van der Waals surface area contributed by atoms with Crippen molar-refractivity contribution >= 4 is 10.0 Å². The topological polar surface area (TPSA) is 66.4 Å². The van der Waals surface area contributed by atoms with Crippen LogP contribution in [-0.2, 0) is 15.8 Å². The standard InChI is InChI=1S/C14H22FNO3S/c1-14(2,3)13(17)8-9-16-20(18,19)10-11-4-6-12(15)7-5-11/h4-7,13,16-17H,8-10H2,1-3H3. The highest BCUT2D eigenvalue weighted by Gasteiger charge is 2.22. The molecule has 114 valence electrons. The zero-order valence-corrected chi connectivity index (χ0v) is 12.9. The Morgan fingerprint density at radius 1 is 1.25 bits per heavy atom. The summed E-state index contributed by atoms with van der Waals surface area (Å²) in [7, 11) is -3.47. The molecule has 0 saturated carbocycles. The van der Waals surface area contributed by atoms with Crippen molar-refractivity contribution in [1.29, 1.82) is 0 Å². The fourth-order valence-electron chi connectivity index (χ4n) is 1.64. The van der Waals surface area contributed by atoms with Gasteiger partial charge in [0.2, 0.25) is 10.0 Å². The molecule has 0 aliphatic carbocycles. The zero-order chi connectivity index (χ0) is 15.4. The lowest BCUT2D eigenvalue weighted by atomic mass is 9.87. The van der Waals surface area contributed by atoms with Crippen LogP contribution in [0.3, 0.4) is 0 Å². The minimum absolute atomic E-state index is 0.183. The molecular formula is C14H22FNO3S. The highest BCUT2D eigenvalue weighted by molar-refractivity contribution is 7.88. The molecule has 1 rings (SSSR count). The Kier molecular flexibility index (Phi) is 5.68. The highest BCUT2D eigenvalue weighted by atomic mass is 32.2. The van der Waals surface area contributed by atoms with Crippen LogP contribution in [0.4, 0.5) is 4.39 Å². The Balaban J connectivity index is 2.48. The van der Waals surface area contributed by atoms with Gasteiger partial charge in [0, 0.05) is 6.54 Å². The van der Waals surface area contributed by atoms with Gasteiger partial charge >= 0.3 is 0 Å². The molecule has 0 heterocycles. The maximum atomic E-state index is 12.7. The molecule has 0 spiro atoms. The molecule has 1 aromatic rings. The Hall–Kier alpha value is -0.980. The average Bonchev–Trinajstić information content (AvgIpc) is 2.30. The van der Waals surface area contributed by atoms with Crippen LogP contribution >= 0.6 is 0 Å². The van der Waals surface area contributed by atoms with E-state index >= 15 is 0 Å². The summed E-state index contributed by atoms with van der Waals surface area (Å²) < 4.78 is 38.8. The maximum Gasteiger partial charge on any atom is 0.215 e. The summed E-state index contributed by atoms with van der Waals surface area (Å²) in [5.41, 5.74) is 0.248. The Morgan fingerprint density at radius 2 is 1.80 bits per heavy atom. The van der Waals surface area contributed by atoms with Crippen molar-refractivity contribution in [2.24, 2.45) is 5.41 Å². The Bertz CT molecular complexity index is 520. The highest BCUT2D eigenvalue weighted by Crippen LogP contribution is 2.21. The van der Waals surface area contributed by atoms with E-state index in [4.69, 9.17) is 0 Å². The molecule has 0 bridgehead atoms. The van der Waals surface area contributed by atoms with Gasteiger partial charge in [-0.3, -0.25) is 0 Å². The predicted octanol–water partition coefficient (Wildman–Crippen LogP) is 2.04. The second-order valence-corrected chi connectivity index (χ2v) is 7.76. The van der Waals surface area contributed by atoms with Crippen molar-refractivity contribution < 1.29 is 17.9 Å². The molecule has 0 amide bonds. The molecule has 2 N–H and O–H groups in total. The van der Waals surface area contributed by atoms with Crippen molar-refractivity contribution in [3.8, 4) is 0 Å². The third-order valence-electron chi connectivity index (χ3n) is 3.01. The normalized spacial score (nSPS) is 14.2. The lowest BCUT2D eigenvalue weighted by Gasteiger charge is -2.25. The molecule has 0 fully saturated rings. The zero-order valence-electron chi connectivity index (χ0n) is 12.1. The van der Waals surface area contributed by atoms with Crippen molar-refractivity contribution in [1.82, 2.24) is 4.72 Å². The number of sulfonamides is 1. The third kappa shape index (κ3) is 5.98. The van der Waals surface area contributed by atoms with Gasteiger partial charge in [0.25, 0.3) is 0 Å². The van der Waals surface area contributed by atoms with Crippen LogP contribution in [0.2, 0.25) is 0 Å². The number of hydrogen-bond donors (Lipinski definition) is 2. The van der Waals surface area contributed by atoms with Gasteiger partial charge in [0.05, 0.1) is 11.9 Å². The van der Waals surface area contributed by atoms with E-state index in [0.29, 0.717) is 12.0 Å². The first-order valence-corrected chi connectivity index (χ1v) is 8.15. The van der Waals surface area contributed by atoms with Gasteiger partial charge in [-0.2, -0.15) is 0 Å². The van der Waals surface area contributed by atoms with Crippen LogP contribution in [0.5, 0.6) is 0 Å². The molecule has 0 aliphatic rings. The number of hydrogen-bond acceptors (Lipinski definition) is 3. The van der Waals surface area contributed by atoms with E-state index in [9.17, 15) is 17.9 Å². The summed E-state index contributed by atoms with van der Waals surface area (Å²) in [5, 5.41) is 9.83. The minimum atomic E-state index is -3.47. The molecule has 4 nitrogen and oxygen atoms in total. The van der Waals surface area contributed by atoms with Gasteiger partial charge < -0.3 is 5.11 Å². The van der Waals surface area contributed by atoms with Gasteiger partial charge in [0.15, 0.2) is 0 Å². The molecule has 1 atom stereocenters. The average molecular weight is 303 g/mol. The number of halogens is 1. The second kappa shape index (κ2) is 6.65. The Morgan fingerprint density at radius 3 is 2.30 bits per heavy atom. The molecule has 0 aliphatic heterocycles. The number of aliphatic hydroxyl groups is 1. The van der Waals surface area contributed by atoms with Gasteiger partial charge in [-0.25, -0.2) is 17.5 Å². The summed E-state index contributed by atoms with van der Waals surface area (Å²) in [5.74, 6) is -0.591. The maximum absolute atomic E-state index is 12.7. The second-order valence-electron chi connectivity index (χ2n) is 5.95. The molecule has 0 radical (unpaired) electrons. The van der Waals surface area contributed by atoms with Crippen molar-refractivity contribution in [2.75, 3.05) is 6.54 Å². The Labute approximate surface area is 120 Å². The van der Waals surface area contributed by atoms with E-state index < -0.39 is 21.9 Å². The first-order chi connectivity index (χ1) is 9.10. The van der Waals surface area contributed by atoms with Crippen LogP contribution in [0.1, 0.15) is 32.8 Å². The van der Waals surface area contributed by atoms with Crippen LogP contribution in [0.15, 0.2) is 24.3 Å². The van der Waals surface area contributed by atoms with Crippen LogP contribution in [0, 0.1) is 11.2 Å². The summed E-state index contributed by atoms with van der Waals surface area (Å²) >= 11 is 0. The monoisotopic (exact) mass is 303 g/mol. The number of benzene rings is 1. The van der Waals surface area contributed by atoms with Gasteiger partial charge in [0.1, 0.15) is 5.82 Å². The lowest BCUT2D eigenvalue weighted by molar-refractivity contribution is 0.0571. The predicted molar refractivity (Wildman–Crippen MR) is 77.1 cm³/mol. The van der Waals surface area contributed by atoms with Crippen molar-refractivity contribution in [3.63, 3.8) is 0 Å². The van der Waals surface area contributed by atoms with Gasteiger partial charge in [-0.1, -0.05) is 32.9 Å². The van der Waals surface area contributed by atoms with E-state index in [1.807, 2.05) is 20.8 Å². The van der Waals surface area contributed by atoms with E-state index in [-0.39, 0.29) is 17.7 Å². The molecule has 6 heteroatoms. The largest absolute Gasteiger partial charge is 0.393 e. The molecule has 1 unspecified atom stereocenters. The fourth-order valence-corrected chi connectivity index (χ4v) is 2.80. The smallest absolute Gasteiger partial charge is 0.215 e. The number of rotatable bonds is 6. The summed E-state index contributed by atoms with van der Waals surface area (Å²) in [6, 6.07) is 5.35. The van der Waals surface area contributed by atoms with E-state index in [1.54, 1.807) is 0 Å². The van der Waals surface area contributed by atoms with Crippen molar-refractivity contribution in [3.05, 3.63) is 35.6 Å². The molecule has 20 heavy (non-hydrogen) atoms. The SMILES string of the molecule is CC(C)(C)C(O)CCNS(=O)(=O)Cc1ccc(F)cc1. The van der Waals surface area contributed by atoms with Gasteiger partial charge in [-0.15, -0.1) is 0 Å². The quantitative estimate of drug-likeness (QED) is 0.845. The van der Waals surface area contributed by atoms with Crippen LogP contribution < -0.4 is 4.72 Å². The first kappa shape index (κ1) is 17.1. The molecule has 0 aromatic heterocycles. The van der Waals surface area contributed by atoms with E-state index in [2.05, 4.69) is 4.72 Å². The summed E-state index contributed by atoms with van der Waals surface area (Å²) in [4.78, 5) is 0. The van der Waals surface area contributed by atoms with Crippen LogP contribution in [0.25, 0.3) is 0 Å². The lowest BCUT2D eigenvalue weighted by Crippen LogP contribution is -2.33. The number of aliphatic hydroxyl groups excluding tert-OH is 1.